The number of hydrogen-bond donors (Lipinski definition) is 0. The highest BCUT2D eigenvalue weighted by Crippen LogP contribution is 2.61. The quantitative estimate of drug-likeness (QED) is 0.706. The molecule has 0 unspecified atom stereocenters. The molecule has 17 heavy (non-hydrogen) atoms. The molecule has 0 atom stereocenters. The zero-order valence-electron chi connectivity index (χ0n) is 9.27. The third-order valence-electron chi connectivity index (χ3n) is 2.82. The van der Waals surface area contributed by atoms with Crippen LogP contribution in [-0.2, 0) is 6.42 Å². The predicted octanol–water partition coefficient (Wildman–Crippen LogP) is 3.22. The first-order valence-electron chi connectivity index (χ1n) is 5.02. The Morgan fingerprint density at radius 3 is 2.24 bits per heavy atom. The number of nitriles is 3. The van der Waals surface area contributed by atoms with Crippen molar-refractivity contribution in [3.05, 3.63) is 41.0 Å². The van der Waals surface area contributed by atoms with Crippen molar-refractivity contribution in [2.75, 3.05) is 0 Å². The number of nitrogens with zero attached hydrogens (tertiary/aromatic N) is 3. The maximum Gasteiger partial charge on any atom is 0.145 e. The molecule has 1 aromatic rings. The van der Waals surface area contributed by atoms with Crippen LogP contribution >= 0.6 is 10.0 Å². The molecule has 0 radical (unpaired) electrons. The van der Waals surface area contributed by atoms with Crippen LogP contribution in [0.1, 0.15) is 18.1 Å². The highest BCUT2D eigenvalue weighted by molar-refractivity contribution is 8.51. The first-order chi connectivity index (χ1) is 8.18. The van der Waals surface area contributed by atoms with Crippen LogP contribution < -0.4 is 0 Å². The monoisotopic (exact) mass is 239 g/mol. The molecule has 0 aromatic heterocycles. The summed E-state index contributed by atoms with van der Waals surface area (Å²) in [5, 5.41) is 33.4. The van der Waals surface area contributed by atoms with Gasteiger partial charge in [-0.1, -0.05) is 29.8 Å². The summed E-state index contributed by atoms with van der Waals surface area (Å²) in [6.07, 6.45) is 0.727. The molecule has 1 aliphatic rings. The van der Waals surface area contributed by atoms with Crippen LogP contribution in [0.4, 0.5) is 0 Å². The number of thiocyanates is 3. The molecule has 0 heterocycles. The lowest BCUT2D eigenvalue weighted by atomic mass is 10.1. The van der Waals surface area contributed by atoms with Gasteiger partial charge in [-0.05, 0) is 24.5 Å². The van der Waals surface area contributed by atoms with Crippen LogP contribution in [0.2, 0.25) is 0 Å². The van der Waals surface area contributed by atoms with Gasteiger partial charge < -0.3 is 0 Å². The average molecular weight is 239 g/mol. The van der Waals surface area contributed by atoms with Crippen molar-refractivity contribution in [3.63, 3.8) is 0 Å². The molecule has 0 fully saturated rings. The van der Waals surface area contributed by atoms with Crippen molar-refractivity contribution in [1.82, 2.24) is 0 Å². The van der Waals surface area contributed by atoms with Crippen LogP contribution in [0, 0.1) is 32.0 Å². The fourth-order valence-corrected chi connectivity index (χ4v) is 3.64. The van der Waals surface area contributed by atoms with Crippen molar-refractivity contribution in [2.45, 2.75) is 13.3 Å². The van der Waals surface area contributed by atoms with Gasteiger partial charge in [0.2, 0.25) is 0 Å². The van der Waals surface area contributed by atoms with Crippen molar-refractivity contribution in [2.24, 2.45) is 0 Å². The SMILES string of the molecule is CC1=C(S(C#N)(C#N)C#N)c2ccccc2C1. The third-order valence-corrected chi connectivity index (χ3v) is 4.82. The number of allylic oxidation sites excluding steroid dienone is 1. The number of fused-ring (bicyclic) bond motifs is 1. The minimum Gasteiger partial charge on any atom is -0.184 e. The maximum absolute atomic E-state index is 9.19. The van der Waals surface area contributed by atoms with E-state index in [1.807, 2.05) is 47.4 Å². The maximum atomic E-state index is 9.19. The number of hydrogen-bond acceptors (Lipinski definition) is 3. The van der Waals surface area contributed by atoms with E-state index < -0.39 is 10.0 Å². The summed E-state index contributed by atoms with van der Waals surface area (Å²) >= 11 is 0. The summed E-state index contributed by atoms with van der Waals surface area (Å²) in [6.45, 7) is 1.89. The molecule has 0 saturated carbocycles. The van der Waals surface area contributed by atoms with Crippen molar-refractivity contribution < 1.29 is 0 Å². The van der Waals surface area contributed by atoms with E-state index in [1.54, 1.807) is 0 Å². The van der Waals surface area contributed by atoms with Gasteiger partial charge in [0.1, 0.15) is 16.2 Å². The van der Waals surface area contributed by atoms with Crippen LogP contribution in [-0.4, -0.2) is 0 Å². The van der Waals surface area contributed by atoms with E-state index in [-0.39, 0.29) is 0 Å². The second kappa shape index (κ2) is 3.98. The lowest BCUT2D eigenvalue weighted by Crippen LogP contribution is -1.94. The Kier molecular flexibility index (Phi) is 2.64. The fourth-order valence-electron chi connectivity index (χ4n) is 2.12. The summed E-state index contributed by atoms with van der Waals surface area (Å²) < 4.78 is 0. The Labute approximate surface area is 102 Å². The molecule has 3 nitrogen and oxygen atoms in total. The van der Waals surface area contributed by atoms with E-state index in [1.165, 1.54) is 0 Å². The van der Waals surface area contributed by atoms with Gasteiger partial charge in [-0.2, -0.15) is 15.8 Å². The zero-order chi connectivity index (χ0) is 12.5. The Balaban J connectivity index is 2.71. The summed E-state index contributed by atoms with van der Waals surface area (Å²) in [5.41, 5.74) is 2.95. The molecule has 1 aliphatic carbocycles. The summed E-state index contributed by atoms with van der Waals surface area (Å²) in [4.78, 5) is 0.653. The van der Waals surface area contributed by atoms with E-state index in [0.717, 1.165) is 23.1 Å². The minimum absolute atomic E-state index is 0.653. The molecule has 4 heteroatoms. The summed E-state index contributed by atoms with van der Waals surface area (Å²) in [7, 11) is -2.65. The van der Waals surface area contributed by atoms with E-state index in [9.17, 15) is 15.8 Å². The number of benzene rings is 1. The molecule has 0 spiro atoms. The third kappa shape index (κ3) is 1.49. The largest absolute Gasteiger partial charge is 0.184 e. The van der Waals surface area contributed by atoms with E-state index in [2.05, 4.69) is 0 Å². The lowest BCUT2D eigenvalue weighted by molar-refractivity contribution is 1.19. The molecule has 82 valence electrons. The smallest absolute Gasteiger partial charge is 0.145 e. The van der Waals surface area contributed by atoms with Gasteiger partial charge in [0.15, 0.2) is 0 Å². The van der Waals surface area contributed by atoms with E-state index in [0.29, 0.717) is 4.91 Å². The molecule has 0 aliphatic heterocycles. The van der Waals surface area contributed by atoms with Crippen LogP contribution in [0.25, 0.3) is 4.91 Å². The Morgan fingerprint density at radius 2 is 1.65 bits per heavy atom. The van der Waals surface area contributed by atoms with Gasteiger partial charge >= 0.3 is 0 Å². The zero-order valence-corrected chi connectivity index (χ0v) is 10.1. The molecular weight excluding hydrogens is 230 g/mol. The molecule has 2 rings (SSSR count). The topological polar surface area (TPSA) is 71.4 Å². The van der Waals surface area contributed by atoms with Crippen molar-refractivity contribution >= 4 is 14.9 Å². The highest BCUT2D eigenvalue weighted by atomic mass is 32.3. The van der Waals surface area contributed by atoms with Gasteiger partial charge in [-0.25, -0.2) is 0 Å². The van der Waals surface area contributed by atoms with Gasteiger partial charge in [0.25, 0.3) is 0 Å². The first-order valence-corrected chi connectivity index (χ1v) is 6.65. The summed E-state index contributed by atoms with van der Waals surface area (Å²) in [6, 6.07) is 7.65. The minimum atomic E-state index is -2.65. The Hall–Kier alpha value is -2.22. The van der Waals surface area contributed by atoms with Gasteiger partial charge in [0.05, 0.1) is 10.0 Å². The average Bonchev–Trinajstić information content (AvgIpc) is 2.70. The first kappa shape index (κ1) is 11.3. The normalized spacial score (nSPS) is 14.5. The van der Waals surface area contributed by atoms with E-state index >= 15 is 0 Å². The molecule has 1 aromatic carbocycles. The van der Waals surface area contributed by atoms with Crippen molar-refractivity contribution in [1.29, 1.82) is 15.8 Å². The van der Waals surface area contributed by atoms with Crippen molar-refractivity contribution in [3.8, 4) is 16.2 Å². The second-order valence-corrected chi connectivity index (χ2v) is 6.01. The van der Waals surface area contributed by atoms with Crippen LogP contribution in [0.5, 0.6) is 0 Å². The van der Waals surface area contributed by atoms with Crippen LogP contribution in [0.3, 0.4) is 0 Å². The Morgan fingerprint density at radius 1 is 1.06 bits per heavy atom. The van der Waals surface area contributed by atoms with E-state index in [4.69, 9.17) is 0 Å². The molecular formula is C13H9N3S. The number of rotatable bonds is 1. The standard InChI is InChI=1S/C13H9N3S/c1-10-6-11-4-2-3-5-12(11)13(10)17(7-14,8-15)9-16/h2-5H,6H2,1H3. The van der Waals surface area contributed by atoms with Gasteiger partial charge in [-0.3, -0.25) is 0 Å². The molecule has 0 N–H and O–H groups in total. The highest BCUT2D eigenvalue weighted by Gasteiger charge is 2.35. The Bertz CT molecular complexity index is 602. The lowest BCUT2D eigenvalue weighted by Gasteiger charge is -2.18. The molecule has 0 bridgehead atoms. The fraction of sp³-hybridized carbons (Fsp3) is 0.154. The molecule has 0 amide bonds. The summed E-state index contributed by atoms with van der Waals surface area (Å²) in [5.74, 6) is 0. The van der Waals surface area contributed by atoms with Gasteiger partial charge in [-0.15, -0.1) is 0 Å². The molecule has 0 saturated heterocycles. The predicted molar refractivity (Wildman–Crippen MR) is 67.2 cm³/mol. The second-order valence-electron chi connectivity index (χ2n) is 3.83. The van der Waals surface area contributed by atoms with Gasteiger partial charge in [0, 0.05) is 4.91 Å². The van der Waals surface area contributed by atoms with Crippen LogP contribution in [0.15, 0.2) is 29.8 Å².